The average molecular weight is 396 g/mol. The summed E-state index contributed by atoms with van der Waals surface area (Å²) < 4.78 is 18.1. The lowest BCUT2D eigenvalue weighted by atomic mass is 10.1. The number of nitrogens with zero attached hydrogens (tertiary/aromatic N) is 2. The molecule has 0 bridgehead atoms. The molecule has 0 radical (unpaired) electrons. The van der Waals surface area contributed by atoms with Gasteiger partial charge >= 0.3 is 5.97 Å². The number of aromatic nitrogens is 1. The Balaban J connectivity index is 1.98. The molecule has 0 aliphatic rings. The van der Waals surface area contributed by atoms with Crippen LogP contribution in [0.3, 0.4) is 0 Å². The number of ether oxygens (including phenoxy) is 3. The van der Waals surface area contributed by atoms with Crippen molar-refractivity contribution in [2.75, 3.05) is 26.9 Å². The number of carbonyl (C=O) groups is 1. The Kier molecular flexibility index (Phi) is 8.05. The first-order valence-electron chi connectivity index (χ1n) is 9.52. The Morgan fingerprint density at radius 2 is 1.90 bits per heavy atom. The molecule has 2 aromatic rings. The van der Waals surface area contributed by atoms with E-state index in [1.54, 1.807) is 13.2 Å². The van der Waals surface area contributed by atoms with Crippen LogP contribution in [0.1, 0.15) is 28.1 Å². The summed E-state index contributed by atoms with van der Waals surface area (Å²) in [5.74, 6) is 0.111. The van der Waals surface area contributed by atoms with Crippen molar-refractivity contribution in [3.63, 3.8) is 0 Å². The molecule has 6 heteroatoms. The number of aryl methyl sites for hydroxylation is 3. The molecule has 0 fully saturated rings. The summed E-state index contributed by atoms with van der Waals surface area (Å²) in [7, 11) is 1.66. The first-order valence-corrected chi connectivity index (χ1v) is 9.52. The van der Waals surface area contributed by atoms with Gasteiger partial charge in [0, 0.05) is 25.0 Å². The fraction of sp³-hybridized carbons (Fsp3) is 0.391. The molecule has 0 atom stereocenters. The Labute approximate surface area is 172 Å². The lowest BCUT2D eigenvalue weighted by Gasteiger charge is -2.10. The maximum atomic E-state index is 12.3. The molecule has 0 aliphatic heterocycles. The molecular formula is C23H28N2O4. The monoisotopic (exact) mass is 396 g/mol. The third-order valence-corrected chi connectivity index (χ3v) is 4.69. The van der Waals surface area contributed by atoms with Crippen LogP contribution < -0.4 is 4.74 Å². The first kappa shape index (κ1) is 22.3. The van der Waals surface area contributed by atoms with Gasteiger partial charge in [0.15, 0.2) is 0 Å². The first-order chi connectivity index (χ1) is 13.9. The van der Waals surface area contributed by atoms with Crippen molar-refractivity contribution in [2.45, 2.75) is 34.2 Å². The van der Waals surface area contributed by atoms with Gasteiger partial charge in [0.05, 0.1) is 6.61 Å². The number of rotatable bonds is 9. The molecular weight excluding hydrogens is 368 g/mol. The number of methoxy groups -OCH3 is 1. The summed E-state index contributed by atoms with van der Waals surface area (Å²) >= 11 is 0. The second-order valence-corrected chi connectivity index (χ2v) is 6.89. The van der Waals surface area contributed by atoms with Crippen molar-refractivity contribution in [3.05, 3.63) is 57.9 Å². The molecule has 0 unspecified atom stereocenters. The van der Waals surface area contributed by atoms with E-state index in [9.17, 15) is 10.1 Å². The predicted octanol–water partition coefficient (Wildman–Crippen LogP) is 3.90. The van der Waals surface area contributed by atoms with E-state index in [0.29, 0.717) is 13.2 Å². The number of esters is 1. The second kappa shape index (κ2) is 10.5. The highest BCUT2D eigenvalue weighted by atomic mass is 16.6. The van der Waals surface area contributed by atoms with E-state index >= 15 is 0 Å². The summed E-state index contributed by atoms with van der Waals surface area (Å²) in [6, 6.07) is 9.82. The molecule has 0 amide bonds. The maximum Gasteiger partial charge on any atom is 0.349 e. The molecule has 1 heterocycles. The van der Waals surface area contributed by atoms with Crippen LogP contribution in [0.4, 0.5) is 0 Å². The number of benzene rings is 1. The van der Waals surface area contributed by atoms with Gasteiger partial charge in [0.2, 0.25) is 0 Å². The highest BCUT2D eigenvalue weighted by Crippen LogP contribution is 2.20. The fourth-order valence-corrected chi connectivity index (χ4v) is 3.02. The van der Waals surface area contributed by atoms with Crippen LogP contribution in [0.2, 0.25) is 0 Å². The van der Waals surface area contributed by atoms with Crippen LogP contribution in [0.5, 0.6) is 5.75 Å². The van der Waals surface area contributed by atoms with E-state index in [1.807, 2.05) is 58.0 Å². The number of hydrogen-bond donors (Lipinski definition) is 0. The zero-order valence-corrected chi connectivity index (χ0v) is 17.7. The molecule has 154 valence electrons. The Hall–Kier alpha value is -3.04. The summed E-state index contributed by atoms with van der Waals surface area (Å²) in [4.78, 5) is 12.3. The molecule has 6 nitrogen and oxygen atoms in total. The van der Waals surface area contributed by atoms with Crippen molar-refractivity contribution < 1.29 is 19.0 Å². The van der Waals surface area contributed by atoms with Gasteiger partial charge in [0.25, 0.3) is 0 Å². The lowest BCUT2D eigenvalue weighted by molar-refractivity contribution is -0.139. The minimum Gasteiger partial charge on any atom is -0.490 e. The van der Waals surface area contributed by atoms with Gasteiger partial charge in [-0.05, 0) is 62.6 Å². The summed E-state index contributed by atoms with van der Waals surface area (Å²) in [5, 5.41) is 9.39. The van der Waals surface area contributed by atoms with Crippen molar-refractivity contribution in [2.24, 2.45) is 0 Å². The highest BCUT2D eigenvalue weighted by Gasteiger charge is 2.14. The van der Waals surface area contributed by atoms with Gasteiger partial charge in [0.1, 0.15) is 30.6 Å². The van der Waals surface area contributed by atoms with Crippen molar-refractivity contribution in [3.8, 4) is 11.8 Å². The quantitative estimate of drug-likeness (QED) is 0.278. The Morgan fingerprint density at radius 1 is 1.14 bits per heavy atom. The minimum absolute atomic E-state index is 0.0382. The van der Waals surface area contributed by atoms with Gasteiger partial charge in [-0.3, -0.25) is 0 Å². The Bertz CT molecular complexity index is 935. The summed E-state index contributed by atoms with van der Waals surface area (Å²) in [6.07, 6.45) is 1.57. The second-order valence-electron chi connectivity index (χ2n) is 6.89. The van der Waals surface area contributed by atoms with E-state index in [0.717, 1.165) is 33.8 Å². The molecule has 0 saturated carbocycles. The van der Waals surface area contributed by atoms with Crippen LogP contribution in [-0.2, 0) is 20.8 Å². The largest absolute Gasteiger partial charge is 0.490 e. The highest BCUT2D eigenvalue weighted by molar-refractivity contribution is 5.98. The van der Waals surface area contributed by atoms with Gasteiger partial charge in [-0.1, -0.05) is 12.1 Å². The third-order valence-electron chi connectivity index (χ3n) is 4.69. The van der Waals surface area contributed by atoms with Crippen molar-refractivity contribution >= 4 is 12.0 Å². The average Bonchev–Trinajstić information content (AvgIpc) is 2.96. The van der Waals surface area contributed by atoms with Crippen LogP contribution in [0.25, 0.3) is 6.08 Å². The molecule has 2 rings (SSSR count). The predicted molar refractivity (Wildman–Crippen MR) is 112 cm³/mol. The standard InChI is InChI=1S/C23H28N2O4/c1-16-6-7-17(2)22(12-16)28-10-11-29-23(26)21(15-24)14-20-13-18(3)25(19(20)4)8-9-27-5/h6-7,12-14H,8-11H2,1-5H3/b21-14+. The molecule has 0 aliphatic carbocycles. The van der Waals surface area contributed by atoms with Gasteiger partial charge in [-0.15, -0.1) is 0 Å². The maximum absolute atomic E-state index is 12.3. The molecule has 0 N–H and O–H groups in total. The smallest absolute Gasteiger partial charge is 0.349 e. The molecule has 0 saturated heterocycles. The van der Waals surface area contributed by atoms with Crippen LogP contribution in [0.15, 0.2) is 29.8 Å². The number of hydrogen-bond acceptors (Lipinski definition) is 5. The molecule has 1 aromatic heterocycles. The van der Waals surface area contributed by atoms with E-state index in [-0.39, 0.29) is 18.8 Å². The normalized spacial score (nSPS) is 11.2. The SMILES string of the molecule is COCCn1c(C)cc(/C=C(\C#N)C(=O)OCCOc2cc(C)ccc2C)c1C. The summed E-state index contributed by atoms with van der Waals surface area (Å²) in [5.41, 5.74) is 4.91. The third kappa shape index (κ3) is 5.97. The fourth-order valence-electron chi connectivity index (χ4n) is 3.02. The zero-order chi connectivity index (χ0) is 21.4. The van der Waals surface area contributed by atoms with Gasteiger partial charge < -0.3 is 18.8 Å². The van der Waals surface area contributed by atoms with E-state index in [1.165, 1.54) is 0 Å². The zero-order valence-electron chi connectivity index (χ0n) is 17.7. The van der Waals surface area contributed by atoms with Gasteiger partial charge in [-0.2, -0.15) is 5.26 Å². The lowest BCUT2D eigenvalue weighted by Crippen LogP contribution is -2.13. The number of carbonyl (C=O) groups excluding carboxylic acids is 1. The van der Waals surface area contributed by atoms with Gasteiger partial charge in [-0.25, -0.2) is 4.79 Å². The number of nitriles is 1. The summed E-state index contributed by atoms with van der Waals surface area (Å²) in [6.45, 7) is 9.47. The minimum atomic E-state index is -0.654. The van der Waals surface area contributed by atoms with Crippen LogP contribution >= 0.6 is 0 Å². The molecule has 1 aromatic carbocycles. The van der Waals surface area contributed by atoms with Crippen LogP contribution in [0, 0.1) is 39.0 Å². The molecule has 0 spiro atoms. The van der Waals surface area contributed by atoms with Crippen LogP contribution in [-0.4, -0.2) is 37.5 Å². The molecule has 29 heavy (non-hydrogen) atoms. The topological polar surface area (TPSA) is 73.5 Å². The van der Waals surface area contributed by atoms with E-state index < -0.39 is 5.97 Å². The Morgan fingerprint density at radius 3 is 2.59 bits per heavy atom. The van der Waals surface area contributed by atoms with Crippen molar-refractivity contribution in [1.29, 1.82) is 5.26 Å². The van der Waals surface area contributed by atoms with Crippen molar-refractivity contribution in [1.82, 2.24) is 4.57 Å². The van der Waals surface area contributed by atoms with E-state index in [2.05, 4.69) is 4.57 Å². The van der Waals surface area contributed by atoms with E-state index in [4.69, 9.17) is 14.2 Å².